The van der Waals surface area contributed by atoms with Gasteiger partial charge in [-0.25, -0.2) is 0 Å². The highest BCUT2D eigenvalue weighted by Gasteiger charge is 2.09. The van der Waals surface area contributed by atoms with Crippen LogP contribution in [0.5, 0.6) is 0 Å². The zero-order chi connectivity index (χ0) is 10.7. The molecule has 4 heteroatoms. The van der Waals surface area contributed by atoms with Gasteiger partial charge in [-0.1, -0.05) is 13.8 Å². The van der Waals surface area contributed by atoms with E-state index in [-0.39, 0.29) is 5.92 Å². The second-order valence-electron chi connectivity index (χ2n) is 3.92. The summed E-state index contributed by atoms with van der Waals surface area (Å²) in [6.45, 7) is 4.81. The number of hydrogen-bond acceptors (Lipinski definition) is 2. The second kappa shape index (κ2) is 4.26. The third-order valence-electron chi connectivity index (χ3n) is 2.14. The molecule has 1 N–H and O–H groups in total. The molecule has 0 saturated heterocycles. The predicted octanol–water partition coefficient (Wildman–Crippen LogP) is 1.49. The maximum atomic E-state index is 7.80. The molecule has 1 aromatic rings. The van der Waals surface area contributed by atoms with Crippen molar-refractivity contribution in [2.24, 2.45) is 13.0 Å². The molecule has 4 nitrogen and oxygen atoms in total. The van der Waals surface area contributed by atoms with Crippen LogP contribution in [-0.4, -0.2) is 27.6 Å². The Morgan fingerprint density at radius 1 is 1.64 bits per heavy atom. The fraction of sp³-hybridized carbons (Fsp3) is 0.600. The van der Waals surface area contributed by atoms with Gasteiger partial charge in [0.05, 0.1) is 12.0 Å². The molecule has 14 heavy (non-hydrogen) atoms. The molecule has 0 bridgehead atoms. The normalized spacial score (nSPS) is 10.6. The van der Waals surface area contributed by atoms with Gasteiger partial charge in [0.2, 0.25) is 0 Å². The van der Waals surface area contributed by atoms with Crippen molar-refractivity contribution in [3.8, 4) is 0 Å². The molecule has 0 unspecified atom stereocenters. The van der Waals surface area contributed by atoms with Gasteiger partial charge in [-0.3, -0.25) is 10.1 Å². The smallest absolute Gasteiger partial charge is 0.0984 e. The Kier molecular flexibility index (Phi) is 3.28. The van der Waals surface area contributed by atoms with Crippen molar-refractivity contribution in [2.45, 2.75) is 20.4 Å². The highest BCUT2D eigenvalue weighted by atomic mass is 15.2. The Bertz CT molecular complexity index is 314. The van der Waals surface area contributed by atoms with Crippen LogP contribution in [0.3, 0.4) is 0 Å². The minimum Gasteiger partial charge on any atom is -0.359 e. The molecule has 0 saturated carbocycles. The Morgan fingerprint density at radius 2 is 2.29 bits per heavy atom. The maximum Gasteiger partial charge on any atom is 0.0984 e. The van der Waals surface area contributed by atoms with Gasteiger partial charge in [0.25, 0.3) is 0 Å². The standard InChI is InChI=1S/C10H18N4/c1-8(2)10(11)13(3)6-9-5-12-14(4)7-9/h5,7-8,11H,6H2,1-4H3. The first kappa shape index (κ1) is 10.8. The Labute approximate surface area is 85.0 Å². The van der Waals surface area contributed by atoms with Gasteiger partial charge in [-0.15, -0.1) is 0 Å². The van der Waals surface area contributed by atoms with E-state index in [1.807, 2.05) is 45.2 Å². The van der Waals surface area contributed by atoms with Gasteiger partial charge in [0.15, 0.2) is 0 Å². The summed E-state index contributed by atoms with van der Waals surface area (Å²) in [6.07, 6.45) is 3.81. The number of rotatable bonds is 3. The van der Waals surface area contributed by atoms with Gasteiger partial charge < -0.3 is 4.90 Å². The van der Waals surface area contributed by atoms with Gasteiger partial charge >= 0.3 is 0 Å². The van der Waals surface area contributed by atoms with Gasteiger partial charge in [0, 0.05) is 38.3 Å². The van der Waals surface area contributed by atoms with Crippen LogP contribution >= 0.6 is 0 Å². The zero-order valence-electron chi connectivity index (χ0n) is 9.28. The van der Waals surface area contributed by atoms with Crippen LogP contribution in [0.15, 0.2) is 12.4 Å². The minimum atomic E-state index is 0.275. The maximum absolute atomic E-state index is 7.80. The molecule has 0 aliphatic rings. The van der Waals surface area contributed by atoms with Crippen LogP contribution < -0.4 is 0 Å². The summed E-state index contributed by atoms with van der Waals surface area (Å²) < 4.78 is 1.78. The predicted molar refractivity (Wildman–Crippen MR) is 57.2 cm³/mol. The molecule has 1 heterocycles. The van der Waals surface area contributed by atoms with Crippen LogP contribution in [0.4, 0.5) is 0 Å². The first-order chi connectivity index (χ1) is 6.50. The zero-order valence-corrected chi connectivity index (χ0v) is 9.28. The fourth-order valence-corrected chi connectivity index (χ4v) is 1.35. The monoisotopic (exact) mass is 194 g/mol. The number of amidine groups is 1. The van der Waals surface area contributed by atoms with Crippen LogP contribution in [0, 0.1) is 11.3 Å². The van der Waals surface area contributed by atoms with E-state index in [1.165, 1.54) is 0 Å². The molecule has 0 spiro atoms. The average Bonchev–Trinajstić information content (AvgIpc) is 2.49. The van der Waals surface area contributed by atoms with E-state index in [2.05, 4.69) is 5.10 Å². The average molecular weight is 194 g/mol. The Balaban J connectivity index is 2.57. The summed E-state index contributed by atoms with van der Waals surface area (Å²) in [5.41, 5.74) is 1.14. The minimum absolute atomic E-state index is 0.275. The lowest BCUT2D eigenvalue weighted by molar-refractivity contribution is 0.468. The molecular weight excluding hydrogens is 176 g/mol. The van der Waals surface area contributed by atoms with Crippen molar-refractivity contribution in [2.75, 3.05) is 7.05 Å². The second-order valence-corrected chi connectivity index (χ2v) is 3.92. The van der Waals surface area contributed by atoms with Crippen molar-refractivity contribution in [1.82, 2.24) is 14.7 Å². The SMILES string of the molecule is CC(C)C(=N)N(C)Cc1cnn(C)c1. The summed E-state index contributed by atoms with van der Waals surface area (Å²) in [4.78, 5) is 1.95. The Morgan fingerprint density at radius 3 is 2.71 bits per heavy atom. The van der Waals surface area contributed by atoms with E-state index in [4.69, 9.17) is 5.41 Å². The number of nitrogens with one attached hydrogen (secondary N) is 1. The van der Waals surface area contributed by atoms with E-state index in [1.54, 1.807) is 4.68 Å². The van der Waals surface area contributed by atoms with E-state index in [9.17, 15) is 0 Å². The third-order valence-corrected chi connectivity index (χ3v) is 2.14. The fourth-order valence-electron chi connectivity index (χ4n) is 1.35. The number of aryl methyl sites for hydroxylation is 1. The van der Waals surface area contributed by atoms with Crippen molar-refractivity contribution in [3.05, 3.63) is 18.0 Å². The molecule has 0 radical (unpaired) electrons. The van der Waals surface area contributed by atoms with Crippen molar-refractivity contribution >= 4 is 5.84 Å². The Hall–Kier alpha value is -1.32. The van der Waals surface area contributed by atoms with E-state index >= 15 is 0 Å². The van der Waals surface area contributed by atoms with E-state index in [0.717, 1.165) is 12.1 Å². The topological polar surface area (TPSA) is 44.9 Å². The molecule has 1 rings (SSSR count). The van der Waals surface area contributed by atoms with Crippen LogP contribution in [0.1, 0.15) is 19.4 Å². The molecule has 78 valence electrons. The first-order valence-corrected chi connectivity index (χ1v) is 4.77. The highest BCUT2D eigenvalue weighted by Crippen LogP contribution is 2.05. The largest absolute Gasteiger partial charge is 0.359 e. The summed E-state index contributed by atoms with van der Waals surface area (Å²) in [5.74, 6) is 0.936. The third kappa shape index (κ3) is 2.58. The summed E-state index contributed by atoms with van der Waals surface area (Å²) in [5, 5.41) is 11.9. The quantitative estimate of drug-likeness (QED) is 0.585. The van der Waals surface area contributed by atoms with E-state index in [0.29, 0.717) is 5.84 Å². The highest BCUT2D eigenvalue weighted by molar-refractivity contribution is 5.80. The van der Waals surface area contributed by atoms with Gasteiger partial charge in [-0.05, 0) is 0 Å². The van der Waals surface area contributed by atoms with Gasteiger partial charge in [-0.2, -0.15) is 5.10 Å². The summed E-state index contributed by atoms with van der Waals surface area (Å²) >= 11 is 0. The number of nitrogens with zero attached hydrogens (tertiary/aromatic N) is 3. The summed E-state index contributed by atoms with van der Waals surface area (Å²) in [6, 6.07) is 0. The summed E-state index contributed by atoms with van der Waals surface area (Å²) in [7, 11) is 3.84. The van der Waals surface area contributed by atoms with Crippen LogP contribution in [-0.2, 0) is 13.6 Å². The molecule has 0 fully saturated rings. The molecule has 1 aromatic heterocycles. The lowest BCUT2D eigenvalue weighted by atomic mass is 10.2. The molecule has 0 atom stereocenters. The van der Waals surface area contributed by atoms with E-state index < -0.39 is 0 Å². The number of hydrogen-bond donors (Lipinski definition) is 1. The molecule has 0 amide bonds. The van der Waals surface area contributed by atoms with Gasteiger partial charge in [0.1, 0.15) is 0 Å². The molecule has 0 aromatic carbocycles. The van der Waals surface area contributed by atoms with Crippen molar-refractivity contribution in [3.63, 3.8) is 0 Å². The van der Waals surface area contributed by atoms with Crippen LogP contribution in [0.2, 0.25) is 0 Å². The van der Waals surface area contributed by atoms with Crippen molar-refractivity contribution < 1.29 is 0 Å². The van der Waals surface area contributed by atoms with Crippen molar-refractivity contribution in [1.29, 1.82) is 5.41 Å². The first-order valence-electron chi connectivity index (χ1n) is 4.77. The number of aromatic nitrogens is 2. The lowest BCUT2D eigenvalue weighted by Crippen LogP contribution is -2.29. The molecule has 0 aliphatic carbocycles. The molecule has 0 aliphatic heterocycles. The lowest BCUT2D eigenvalue weighted by Gasteiger charge is -2.21. The molecular formula is C10H18N4. The van der Waals surface area contributed by atoms with Crippen LogP contribution in [0.25, 0.3) is 0 Å².